The molecule has 3 atom stereocenters. The van der Waals surface area contributed by atoms with E-state index in [9.17, 15) is 0 Å². The molecule has 0 fully saturated rings. The van der Waals surface area contributed by atoms with Crippen LogP contribution in [0.3, 0.4) is 0 Å². The average Bonchev–Trinajstić information content (AvgIpc) is 2.93. The van der Waals surface area contributed by atoms with Crippen LogP contribution in [-0.2, 0) is 19.3 Å². The molecule has 2 aliphatic carbocycles. The summed E-state index contributed by atoms with van der Waals surface area (Å²) in [4.78, 5) is 9.01. The molecular weight excluding hydrogens is 460 g/mol. The van der Waals surface area contributed by atoms with Gasteiger partial charge in [0.1, 0.15) is 0 Å². The summed E-state index contributed by atoms with van der Waals surface area (Å²) in [6.07, 6.45) is 14.8. The second-order valence-electron chi connectivity index (χ2n) is 11.7. The van der Waals surface area contributed by atoms with Crippen LogP contribution in [0.25, 0.3) is 12.2 Å². The van der Waals surface area contributed by atoms with Crippen molar-refractivity contribution in [3.8, 4) is 0 Å². The van der Waals surface area contributed by atoms with E-state index < -0.39 is 0 Å². The highest BCUT2D eigenvalue weighted by Gasteiger charge is 2.19. The zero-order valence-electron chi connectivity index (χ0n) is 23.2. The van der Waals surface area contributed by atoms with Crippen molar-refractivity contribution in [2.24, 2.45) is 5.92 Å². The van der Waals surface area contributed by atoms with Gasteiger partial charge in [0, 0.05) is 23.8 Å². The highest BCUT2D eigenvalue weighted by atomic mass is 14.7. The summed E-state index contributed by atoms with van der Waals surface area (Å²) in [5.41, 5.74) is 9.37. The van der Waals surface area contributed by atoms with Gasteiger partial charge in [-0.1, -0.05) is 68.5 Å². The number of hydrogen-bond donors (Lipinski definition) is 0. The third-order valence-electron chi connectivity index (χ3n) is 8.78. The molecule has 0 saturated heterocycles. The SMILES string of the molecule is Cc1ccc(C(C)Cc2ccc3c(c2)=CCc2c4c(ccc2=3)=CC(CC(C)c2ccc(C)nc2)CC4)cn1. The molecule has 0 bridgehead atoms. The predicted molar refractivity (Wildman–Crippen MR) is 157 cm³/mol. The summed E-state index contributed by atoms with van der Waals surface area (Å²) in [6, 6.07) is 20.6. The van der Waals surface area contributed by atoms with Gasteiger partial charge >= 0.3 is 0 Å². The molecule has 2 aromatic carbocycles. The Hall–Kier alpha value is -3.52. The van der Waals surface area contributed by atoms with Crippen LogP contribution in [0.5, 0.6) is 0 Å². The zero-order chi connectivity index (χ0) is 26.2. The van der Waals surface area contributed by atoms with Crippen molar-refractivity contribution < 1.29 is 0 Å². The van der Waals surface area contributed by atoms with E-state index in [-0.39, 0.29) is 0 Å². The van der Waals surface area contributed by atoms with Crippen LogP contribution in [-0.4, -0.2) is 9.97 Å². The van der Waals surface area contributed by atoms with Crippen molar-refractivity contribution in [3.05, 3.63) is 127 Å². The van der Waals surface area contributed by atoms with Gasteiger partial charge in [-0.25, -0.2) is 0 Å². The molecule has 0 N–H and O–H groups in total. The quantitative estimate of drug-likeness (QED) is 0.299. The summed E-state index contributed by atoms with van der Waals surface area (Å²) < 4.78 is 0. The Bertz CT molecular complexity index is 1680. The number of fused-ring (bicyclic) bond motifs is 4. The van der Waals surface area contributed by atoms with E-state index in [0.717, 1.165) is 24.2 Å². The highest BCUT2D eigenvalue weighted by molar-refractivity contribution is 5.48. The van der Waals surface area contributed by atoms with Crippen molar-refractivity contribution >= 4 is 12.2 Å². The smallest absolute Gasteiger partial charge is 0.0372 e. The standard InChI is InChI=1S/C36H38N2/c1-23(31-9-5-25(3)37-21-31)17-27-7-13-33-29(19-27)11-15-36-34-14-8-28(20-30(34)12-16-35(33)36)18-24(2)32-10-6-26(4)38-22-32/h5-7,9-13,16,19-24,28H,8,14-15,17-18H2,1-4H3. The molecule has 2 heteroatoms. The Labute approximate surface area is 226 Å². The van der Waals surface area contributed by atoms with E-state index in [1.165, 1.54) is 56.8 Å². The summed E-state index contributed by atoms with van der Waals surface area (Å²) >= 11 is 0. The second kappa shape index (κ2) is 10.3. The Balaban J connectivity index is 1.27. The third kappa shape index (κ3) is 4.97. The second-order valence-corrected chi connectivity index (χ2v) is 11.7. The topological polar surface area (TPSA) is 25.8 Å². The first kappa shape index (κ1) is 24.8. The van der Waals surface area contributed by atoms with Gasteiger partial charge in [-0.05, 0) is 125 Å². The van der Waals surface area contributed by atoms with Gasteiger partial charge in [0.25, 0.3) is 0 Å². The number of rotatable bonds is 6. The molecule has 38 heavy (non-hydrogen) atoms. The minimum Gasteiger partial charge on any atom is -0.261 e. The van der Waals surface area contributed by atoms with Gasteiger partial charge in [-0.3, -0.25) is 9.97 Å². The van der Waals surface area contributed by atoms with E-state index in [4.69, 9.17) is 0 Å². The molecule has 2 aromatic heterocycles. The predicted octanol–water partition coefficient (Wildman–Crippen LogP) is 6.60. The lowest BCUT2D eigenvalue weighted by Crippen LogP contribution is -2.23. The van der Waals surface area contributed by atoms with Gasteiger partial charge in [-0.15, -0.1) is 0 Å². The normalized spacial score (nSPS) is 17.3. The van der Waals surface area contributed by atoms with Gasteiger partial charge < -0.3 is 0 Å². The number of pyridine rings is 2. The fourth-order valence-electron chi connectivity index (χ4n) is 6.47. The Kier molecular flexibility index (Phi) is 6.74. The largest absolute Gasteiger partial charge is 0.261 e. The number of aromatic nitrogens is 2. The first-order chi connectivity index (χ1) is 18.4. The van der Waals surface area contributed by atoms with Crippen LogP contribution in [0.15, 0.2) is 67.0 Å². The van der Waals surface area contributed by atoms with Gasteiger partial charge in [-0.2, -0.15) is 0 Å². The molecule has 0 radical (unpaired) electrons. The molecule has 0 amide bonds. The molecule has 192 valence electrons. The van der Waals surface area contributed by atoms with E-state index in [0.29, 0.717) is 17.8 Å². The Morgan fingerprint density at radius 3 is 2.18 bits per heavy atom. The van der Waals surface area contributed by atoms with Crippen molar-refractivity contribution in [1.82, 2.24) is 9.97 Å². The van der Waals surface area contributed by atoms with Gasteiger partial charge in [0.05, 0.1) is 0 Å². The fraction of sp³-hybridized carbons (Fsp3) is 0.333. The van der Waals surface area contributed by atoms with E-state index in [1.807, 2.05) is 13.1 Å². The lowest BCUT2D eigenvalue weighted by atomic mass is 9.81. The van der Waals surface area contributed by atoms with Crippen LogP contribution >= 0.6 is 0 Å². The van der Waals surface area contributed by atoms with E-state index in [1.54, 1.807) is 11.1 Å². The lowest BCUT2D eigenvalue weighted by Gasteiger charge is -2.24. The molecular formula is C36H38N2. The van der Waals surface area contributed by atoms with Crippen LogP contribution in [0.1, 0.15) is 77.7 Å². The molecule has 0 saturated carbocycles. The summed E-state index contributed by atoms with van der Waals surface area (Å²) in [6.45, 7) is 8.76. The molecule has 2 nitrogen and oxygen atoms in total. The maximum Gasteiger partial charge on any atom is 0.0372 e. The lowest BCUT2D eigenvalue weighted by molar-refractivity contribution is 0.508. The maximum atomic E-state index is 4.52. The molecule has 0 spiro atoms. The van der Waals surface area contributed by atoms with Crippen LogP contribution in [0.2, 0.25) is 0 Å². The first-order valence-electron chi connectivity index (χ1n) is 14.3. The van der Waals surface area contributed by atoms with Crippen molar-refractivity contribution in [2.75, 3.05) is 0 Å². The maximum absolute atomic E-state index is 4.52. The molecule has 2 aliphatic rings. The van der Waals surface area contributed by atoms with Crippen LogP contribution in [0.4, 0.5) is 0 Å². The molecule has 6 rings (SSSR count). The highest BCUT2D eigenvalue weighted by Crippen LogP contribution is 2.29. The number of hydrogen-bond acceptors (Lipinski definition) is 2. The molecule has 2 heterocycles. The van der Waals surface area contributed by atoms with Crippen molar-refractivity contribution in [3.63, 3.8) is 0 Å². The van der Waals surface area contributed by atoms with E-state index >= 15 is 0 Å². The summed E-state index contributed by atoms with van der Waals surface area (Å²) in [7, 11) is 0. The molecule has 0 aliphatic heterocycles. The molecule has 4 aromatic rings. The number of nitrogens with zero attached hydrogens (tertiary/aromatic N) is 2. The van der Waals surface area contributed by atoms with Gasteiger partial charge in [0.15, 0.2) is 0 Å². The van der Waals surface area contributed by atoms with Crippen LogP contribution in [0, 0.1) is 30.2 Å². The van der Waals surface area contributed by atoms with Crippen molar-refractivity contribution in [2.45, 2.75) is 71.6 Å². The van der Waals surface area contributed by atoms with Crippen molar-refractivity contribution in [1.29, 1.82) is 0 Å². The molecule has 3 unspecified atom stereocenters. The number of aryl methyl sites for hydroxylation is 2. The average molecular weight is 499 g/mol. The van der Waals surface area contributed by atoms with Gasteiger partial charge in [0.2, 0.25) is 0 Å². The summed E-state index contributed by atoms with van der Waals surface area (Å²) in [5.74, 6) is 1.62. The monoisotopic (exact) mass is 498 g/mol. The minimum atomic E-state index is 0.456. The van der Waals surface area contributed by atoms with Crippen LogP contribution < -0.4 is 10.4 Å². The minimum absolute atomic E-state index is 0.456. The fourth-order valence-corrected chi connectivity index (χ4v) is 6.47. The Morgan fingerprint density at radius 2 is 1.47 bits per heavy atom. The summed E-state index contributed by atoms with van der Waals surface area (Å²) in [5, 5.41) is 5.69. The third-order valence-corrected chi connectivity index (χ3v) is 8.78. The number of benzene rings is 2. The van der Waals surface area contributed by atoms with E-state index in [2.05, 4.69) is 104 Å². The first-order valence-corrected chi connectivity index (χ1v) is 14.3. The Morgan fingerprint density at radius 1 is 0.763 bits per heavy atom. The zero-order valence-corrected chi connectivity index (χ0v) is 23.2.